The number of hydrogen-bond donors (Lipinski definition) is 1. The molecule has 0 aliphatic heterocycles. The summed E-state index contributed by atoms with van der Waals surface area (Å²) in [5.41, 5.74) is 2.79. The molecule has 2 heterocycles. The number of rotatable bonds is 4. The number of aryl methyl sites for hydroxylation is 1. The van der Waals surface area contributed by atoms with Gasteiger partial charge in [0.2, 0.25) is 0 Å². The molecular weight excluding hydrogens is 262 g/mol. The van der Waals surface area contributed by atoms with Crippen LogP contribution in [0.1, 0.15) is 11.3 Å². The molecular formula is C13H15N3O2S. The lowest BCUT2D eigenvalue weighted by atomic mass is 10.3. The van der Waals surface area contributed by atoms with E-state index < -0.39 is 9.84 Å². The standard InChI is InChI=1S/C13H15N3O2S/c1-10-3-4-11(14-7-10)8-15-12-5-6-13(16-9-12)19(2,17)18/h3-7,9,15H,8H2,1-2H3. The van der Waals surface area contributed by atoms with Gasteiger partial charge in [0, 0.05) is 12.5 Å². The third-order valence-electron chi connectivity index (χ3n) is 2.56. The van der Waals surface area contributed by atoms with Crippen LogP contribution in [-0.2, 0) is 16.4 Å². The molecule has 5 nitrogen and oxygen atoms in total. The van der Waals surface area contributed by atoms with Crippen LogP contribution < -0.4 is 5.32 Å². The minimum absolute atomic E-state index is 0.0755. The maximum Gasteiger partial charge on any atom is 0.192 e. The van der Waals surface area contributed by atoms with Crippen molar-refractivity contribution in [3.05, 3.63) is 47.9 Å². The smallest absolute Gasteiger partial charge is 0.192 e. The van der Waals surface area contributed by atoms with Crippen molar-refractivity contribution < 1.29 is 8.42 Å². The van der Waals surface area contributed by atoms with E-state index in [1.807, 2.05) is 25.3 Å². The zero-order chi connectivity index (χ0) is 13.9. The van der Waals surface area contributed by atoms with Crippen LogP contribution in [0.2, 0.25) is 0 Å². The van der Waals surface area contributed by atoms with E-state index in [0.717, 1.165) is 23.2 Å². The third kappa shape index (κ3) is 3.75. The first-order chi connectivity index (χ1) is 8.95. The van der Waals surface area contributed by atoms with E-state index in [2.05, 4.69) is 15.3 Å². The summed E-state index contributed by atoms with van der Waals surface area (Å²) in [5, 5.41) is 3.21. The molecule has 1 N–H and O–H groups in total. The van der Waals surface area contributed by atoms with Crippen LogP contribution in [0, 0.1) is 6.92 Å². The van der Waals surface area contributed by atoms with Crippen LogP contribution in [0.5, 0.6) is 0 Å². The second kappa shape index (κ2) is 5.36. The predicted molar refractivity (Wildman–Crippen MR) is 73.6 cm³/mol. The summed E-state index contributed by atoms with van der Waals surface area (Å²) in [5.74, 6) is 0. The molecule has 0 aromatic carbocycles. The predicted octanol–water partition coefficient (Wildman–Crippen LogP) is 1.80. The lowest BCUT2D eigenvalue weighted by Gasteiger charge is -2.06. The van der Waals surface area contributed by atoms with Crippen molar-refractivity contribution in [3.8, 4) is 0 Å². The summed E-state index contributed by atoms with van der Waals surface area (Å²) >= 11 is 0. The molecule has 0 bridgehead atoms. The molecule has 0 unspecified atom stereocenters. The molecule has 0 atom stereocenters. The quantitative estimate of drug-likeness (QED) is 0.922. The Kier molecular flexibility index (Phi) is 3.80. The average molecular weight is 277 g/mol. The van der Waals surface area contributed by atoms with Gasteiger partial charge in [0.1, 0.15) is 0 Å². The SMILES string of the molecule is Cc1ccc(CNc2ccc(S(C)(=O)=O)nc2)nc1. The molecule has 0 aliphatic rings. The van der Waals surface area contributed by atoms with Crippen LogP contribution in [0.4, 0.5) is 5.69 Å². The summed E-state index contributed by atoms with van der Waals surface area (Å²) in [7, 11) is -3.24. The van der Waals surface area contributed by atoms with E-state index in [0.29, 0.717) is 6.54 Å². The molecule has 0 saturated carbocycles. The molecule has 0 spiro atoms. The van der Waals surface area contributed by atoms with Gasteiger partial charge in [0.15, 0.2) is 14.9 Å². The Morgan fingerprint density at radius 3 is 2.42 bits per heavy atom. The Labute approximate surface area is 112 Å². The first-order valence-electron chi connectivity index (χ1n) is 5.77. The molecule has 100 valence electrons. The Hall–Kier alpha value is -1.95. The Morgan fingerprint density at radius 2 is 1.89 bits per heavy atom. The Morgan fingerprint density at radius 1 is 1.11 bits per heavy atom. The highest BCUT2D eigenvalue weighted by molar-refractivity contribution is 7.90. The van der Waals surface area contributed by atoms with Gasteiger partial charge in [-0.3, -0.25) is 4.98 Å². The van der Waals surface area contributed by atoms with Crippen LogP contribution in [0.3, 0.4) is 0 Å². The molecule has 2 aromatic rings. The highest BCUT2D eigenvalue weighted by Gasteiger charge is 2.07. The van der Waals surface area contributed by atoms with Crippen LogP contribution in [0.15, 0.2) is 41.7 Å². The molecule has 2 rings (SSSR count). The molecule has 0 saturated heterocycles. The van der Waals surface area contributed by atoms with Gasteiger partial charge >= 0.3 is 0 Å². The van der Waals surface area contributed by atoms with Crippen molar-refractivity contribution in [2.24, 2.45) is 0 Å². The van der Waals surface area contributed by atoms with Gasteiger partial charge in [-0.1, -0.05) is 6.07 Å². The lowest BCUT2D eigenvalue weighted by Crippen LogP contribution is -2.04. The molecule has 19 heavy (non-hydrogen) atoms. The number of nitrogens with zero attached hydrogens (tertiary/aromatic N) is 2. The molecule has 0 aliphatic carbocycles. The number of anilines is 1. The van der Waals surface area contributed by atoms with Gasteiger partial charge in [-0.25, -0.2) is 13.4 Å². The maximum absolute atomic E-state index is 11.3. The van der Waals surface area contributed by atoms with Crippen molar-refractivity contribution in [2.75, 3.05) is 11.6 Å². The van der Waals surface area contributed by atoms with Gasteiger partial charge in [-0.15, -0.1) is 0 Å². The average Bonchev–Trinajstić information content (AvgIpc) is 2.37. The fourth-order valence-electron chi connectivity index (χ4n) is 1.50. The largest absolute Gasteiger partial charge is 0.378 e. The van der Waals surface area contributed by atoms with E-state index in [1.54, 1.807) is 6.07 Å². The van der Waals surface area contributed by atoms with Crippen LogP contribution >= 0.6 is 0 Å². The minimum Gasteiger partial charge on any atom is -0.378 e. The van der Waals surface area contributed by atoms with E-state index in [9.17, 15) is 8.42 Å². The van der Waals surface area contributed by atoms with Crippen molar-refractivity contribution in [2.45, 2.75) is 18.5 Å². The number of sulfone groups is 1. The van der Waals surface area contributed by atoms with Crippen LogP contribution in [0.25, 0.3) is 0 Å². The zero-order valence-corrected chi connectivity index (χ0v) is 11.6. The van der Waals surface area contributed by atoms with E-state index in [4.69, 9.17) is 0 Å². The van der Waals surface area contributed by atoms with E-state index in [1.165, 1.54) is 12.3 Å². The Balaban J connectivity index is 2.02. The second-order valence-corrected chi connectivity index (χ2v) is 6.30. The van der Waals surface area contributed by atoms with Crippen molar-refractivity contribution in [1.82, 2.24) is 9.97 Å². The van der Waals surface area contributed by atoms with Gasteiger partial charge in [0.05, 0.1) is 24.1 Å². The molecule has 2 aromatic heterocycles. The normalized spacial score (nSPS) is 11.3. The molecule has 0 amide bonds. The molecule has 0 fully saturated rings. The lowest BCUT2D eigenvalue weighted by molar-refractivity contribution is 0.598. The van der Waals surface area contributed by atoms with Gasteiger partial charge in [-0.05, 0) is 30.7 Å². The Bertz CT molecular complexity index is 649. The number of aromatic nitrogens is 2. The summed E-state index contributed by atoms with van der Waals surface area (Å²) in [4.78, 5) is 8.18. The highest BCUT2D eigenvalue weighted by Crippen LogP contribution is 2.11. The summed E-state index contributed by atoms with van der Waals surface area (Å²) in [6, 6.07) is 7.12. The van der Waals surface area contributed by atoms with Crippen LogP contribution in [-0.4, -0.2) is 24.6 Å². The fourth-order valence-corrected chi connectivity index (χ4v) is 2.06. The summed E-state index contributed by atoms with van der Waals surface area (Å²) in [6.45, 7) is 2.55. The van der Waals surface area contributed by atoms with Gasteiger partial charge < -0.3 is 5.32 Å². The van der Waals surface area contributed by atoms with Crippen molar-refractivity contribution >= 4 is 15.5 Å². The molecule has 0 radical (unpaired) electrons. The van der Waals surface area contributed by atoms with Crippen molar-refractivity contribution in [3.63, 3.8) is 0 Å². The fraction of sp³-hybridized carbons (Fsp3) is 0.231. The van der Waals surface area contributed by atoms with E-state index >= 15 is 0 Å². The first-order valence-corrected chi connectivity index (χ1v) is 7.66. The minimum atomic E-state index is -3.24. The van der Waals surface area contributed by atoms with Gasteiger partial charge in [0.25, 0.3) is 0 Å². The van der Waals surface area contributed by atoms with Gasteiger partial charge in [-0.2, -0.15) is 0 Å². The topological polar surface area (TPSA) is 72.0 Å². The first kappa shape index (κ1) is 13.5. The van der Waals surface area contributed by atoms with Crippen molar-refractivity contribution in [1.29, 1.82) is 0 Å². The molecule has 6 heteroatoms. The van der Waals surface area contributed by atoms with E-state index in [-0.39, 0.29) is 5.03 Å². The maximum atomic E-state index is 11.3. The zero-order valence-electron chi connectivity index (χ0n) is 10.8. The number of hydrogen-bond acceptors (Lipinski definition) is 5. The second-order valence-electron chi connectivity index (χ2n) is 4.34. The monoisotopic (exact) mass is 277 g/mol. The summed E-state index contributed by atoms with van der Waals surface area (Å²) < 4.78 is 22.5. The summed E-state index contributed by atoms with van der Waals surface area (Å²) in [6.07, 6.45) is 4.45. The third-order valence-corrected chi connectivity index (χ3v) is 3.56. The number of pyridine rings is 2. The number of nitrogens with one attached hydrogen (secondary N) is 1. The highest BCUT2D eigenvalue weighted by atomic mass is 32.2.